The van der Waals surface area contributed by atoms with Crippen LogP contribution in [0.4, 0.5) is 22.4 Å². The lowest BCUT2D eigenvalue weighted by Crippen LogP contribution is -2.53. The number of nitrogens with zero attached hydrogens (tertiary/aromatic N) is 3. The van der Waals surface area contributed by atoms with Crippen molar-refractivity contribution >= 4 is 46.9 Å². The zero-order valence-corrected chi connectivity index (χ0v) is 20.6. The molecule has 2 heterocycles. The van der Waals surface area contributed by atoms with Gasteiger partial charge < -0.3 is 25.4 Å². The van der Waals surface area contributed by atoms with E-state index in [2.05, 4.69) is 20.5 Å². The number of likely N-dealkylation sites (tertiary alicyclic amines) is 1. The molecule has 0 radical (unpaired) electrons. The number of anilines is 3. The van der Waals surface area contributed by atoms with Gasteiger partial charge in [0.15, 0.2) is 0 Å². The Kier molecular flexibility index (Phi) is 6.77. The molecule has 11 heteroatoms. The number of aromatic nitrogens is 3. The van der Waals surface area contributed by atoms with Crippen molar-refractivity contribution in [3.8, 4) is 16.9 Å². The maximum atomic E-state index is 12.0. The van der Waals surface area contributed by atoms with Gasteiger partial charge in [0.05, 0.1) is 16.7 Å². The van der Waals surface area contributed by atoms with Crippen molar-refractivity contribution in [3.63, 3.8) is 0 Å². The number of nitrogens with one attached hydrogen (secondary N) is 2. The molecule has 180 valence electrons. The number of benzene rings is 2. The number of carbonyl (C=O) groups excluding carboxylic acids is 1. The summed E-state index contributed by atoms with van der Waals surface area (Å²) < 4.78 is 11.3. The monoisotopic (exact) mass is 504 g/mol. The van der Waals surface area contributed by atoms with Crippen molar-refractivity contribution in [2.45, 2.75) is 26.4 Å². The number of H-pyrrole nitrogens is 1. The standard InChI is InChI=1S/C23H26Cl2N6O3/c1-23(2,3)34-22(32)31-10-13(11-31)12-33-16-6-4-14(5-7-16)19-17(24)8-15(9-18(19)25)27-21-28-20(26)29-30-21/h4-9,13H,10-12H2,1-3H3,(H4,26,27,28,29,30). The normalized spacial score (nSPS) is 14.0. The summed E-state index contributed by atoms with van der Waals surface area (Å²) in [5.41, 5.74) is 7.25. The van der Waals surface area contributed by atoms with E-state index in [9.17, 15) is 4.79 Å². The lowest BCUT2D eigenvalue weighted by molar-refractivity contribution is -0.00781. The van der Waals surface area contributed by atoms with Gasteiger partial charge in [0.25, 0.3) is 0 Å². The Balaban J connectivity index is 1.33. The molecule has 9 nitrogen and oxygen atoms in total. The van der Waals surface area contributed by atoms with E-state index in [0.29, 0.717) is 46.9 Å². The summed E-state index contributed by atoms with van der Waals surface area (Å²) in [5.74, 6) is 1.53. The fraction of sp³-hybridized carbons (Fsp3) is 0.348. The quantitative estimate of drug-likeness (QED) is 0.413. The molecule has 0 aliphatic carbocycles. The summed E-state index contributed by atoms with van der Waals surface area (Å²) in [6, 6.07) is 11.0. The summed E-state index contributed by atoms with van der Waals surface area (Å²) in [4.78, 5) is 17.7. The minimum absolute atomic E-state index is 0.205. The van der Waals surface area contributed by atoms with Crippen LogP contribution in [0.15, 0.2) is 36.4 Å². The molecule has 34 heavy (non-hydrogen) atoms. The van der Waals surface area contributed by atoms with Gasteiger partial charge in [-0.3, -0.25) is 0 Å². The van der Waals surface area contributed by atoms with Gasteiger partial charge in [0, 0.05) is 30.3 Å². The highest BCUT2D eigenvalue weighted by molar-refractivity contribution is 6.39. The van der Waals surface area contributed by atoms with E-state index >= 15 is 0 Å². The minimum atomic E-state index is -0.492. The Bertz CT molecular complexity index is 1150. The second-order valence-corrected chi connectivity index (χ2v) is 9.89. The molecule has 1 amide bonds. The van der Waals surface area contributed by atoms with Gasteiger partial charge in [-0.05, 0) is 50.6 Å². The van der Waals surface area contributed by atoms with Gasteiger partial charge >= 0.3 is 6.09 Å². The molecule has 1 aliphatic heterocycles. The second-order valence-electron chi connectivity index (χ2n) is 9.07. The maximum absolute atomic E-state index is 12.0. The third kappa shape index (κ3) is 5.84. The van der Waals surface area contributed by atoms with Crippen molar-refractivity contribution in [3.05, 3.63) is 46.4 Å². The molecule has 0 unspecified atom stereocenters. The zero-order valence-electron chi connectivity index (χ0n) is 19.1. The minimum Gasteiger partial charge on any atom is -0.493 e. The average Bonchev–Trinajstić information content (AvgIpc) is 3.10. The van der Waals surface area contributed by atoms with E-state index < -0.39 is 5.60 Å². The number of nitrogen functional groups attached to an aromatic ring is 1. The number of hydrogen-bond donors (Lipinski definition) is 3. The Labute approximate surface area is 207 Å². The van der Waals surface area contributed by atoms with Crippen LogP contribution in [0.2, 0.25) is 10.0 Å². The molecule has 1 aliphatic rings. The lowest BCUT2D eigenvalue weighted by Gasteiger charge is -2.39. The Morgan fingerprint density at radius 3 is 2.41 bits per heavy atom. The van der Waals surface area contributed by atoms with Crippen LogP contribution in [0.1, 0.15) is 20.8 Å². The van der Waals surface area contributed by atoms with Crippen LogP contribution in [0.5, 0.6) is 5.75 Å². The smallest absolute Gasteiger partial charge is 0.410 e. The topological polar surface area (TPSA) is 118 Å². The molecule has 4 N–H and O–H groups in total. The van der Waals surface area contributed by atoms with E-state index in [4.69, 9.17) is 38.4 Å². The molecule has 4 rings (SSSR count). The number of rotatable bonds is 6. The van der Waals surface area contributed by atoms with Crippen LogP contribution in [-0.4, -0.2) is 51.5 Å². The molecule has 1 saturated heterocycles. The molecule has 3 aromatic rings. The molecule has 0 atom stereocenters. The highest BCUT2D eigenvalue weighted by Gasteiger charge is 2.34. The maximum Gasteiger partial charge on any atom is 0.410 e. The molecule has 1 fully saturated rings. The highest BCUT2D eigenvalue weighted by atomic mass is 35.5. The van der Waals surface area contributed by atoms with Crippen LogP contribution in [0.25, 0.3) is 11.1 Å². The fourth-order valence-corrected chi connectivity index (χ4v) is 4.17. The molecule has 0 saturated carbocycles. The van der Waals surface area contributed by atoms with Crippen LogP contribution in [-0.2, 0) is 4.74 Å². The number of amides is 1. The van der Waals surface area contributed by atoms with Gasteiger partial charge in [-0.2, -0.15) is 4.98 Å². The average molecular weight is 505 g/mol. The lowest BCUT2D eigenvalue weighted by atomic mass is 10.0. The number of aromatic amines is 1. The zero-order chi connectivity index (χ0) is 24.5. The van der Waals surface area contributed by atoms with Gasteiger partial charge in [0.1, 0.15) is 11.4 Å². The number of nitrogens with two attached hydrogens (primary N) is 1. The molecule has 0 spiro atoms. The third-order valence-corrected chi connectivity index (χ3v) is 5.63. The first kappa shape index (κ1) is 24.0. The number of hydrogen-bond acceptors (Lipinski definition) is 7. The van der Waals surface area contributed by atoms with E-state index in [1.165, 1.54) is 0 Å². The van der Waals surface area contributed by atoms with Gasteiger partial charge in [-0.15, -0.1) is 5.10 Å². The summed E-state index contributed by atoms with van der Waals surface area (Å²) >= 11 is 13.0. The number of halogens is 2. The van der Waals surface area contributed by atoms with Crippen molar-refractivity contribution < 1.29 is 14.3 Å². The van der Waals surface area contributed by atoms with Crippen molar-refractivity contribution in [2.24, 2.45) is 5.92 Å². The van der Waals surface area contributed by atoms with E-state index in [-0.39, 0.29) is 18.0 Å². The molecule has 2 aromatic carbocycles. The molecular weight excluding hydrogens is 479 g/mol. The largest absolute Gasteiger partial charge is 0.493 e. The summed E-state index contributed by atoms with van der Waals surface area (Å²) in [6.07, 6.45) is -0.284. The van der Waals surface area contributed by atoms with Crippen LogP contribution >= 0.6 is 23.2 Å². The van der Waals surface area contributed by atoms with Gasteiger partial charge in [-0.1, -0.05) is 35.3 Å². The van der Waals surface area contributed by atoms with Crippen molar-refractivity contribution in [1.29, 1.82) is 0 Å². The van der Waals surface area contributed by atoms with Crippen LogP contribution < -0.4 is 15.8 Å². The summed E-state index contributed by atoms with van der Waals surface area (Å²) in [5, 5.41) is 10.4. The highest BCUT2D eigenvalue weighted by Crippen LogP contribution is 2.38. The van der Waals surface area contributed by atoms with E-state index in [1.54, 1.807) is 17.0 Å². The van der Waals surface area contributed by atoms with Crippen molar-refractivity contribution in [2.75, 3.05) is 30.7 Å². The fourth-order valence-electron chi connectivity index (χ4n) is 3.46. The number of carbonyl (C=O) groups is 1. The first-order chi connectivity index (χ1) is 16.1. The number of ether oxygens (including phenoxy) is 2. The Morgan fingerprint density at radius 1 is 1.21 bits per heavy atom. The predicted octanol–water partition coefficient (Wildman–Crippen LogP) is 5.35. The van der Waals surface area contributed by atoms with Gasteiger partial charge in [0.2, 0.25) is 11.9 Å². The van der Waals surface area contributed by atoms with E-state index in [0.717, 1.165) is 11.3 Å². The SMILES string of the molecule is CC(C)(C)OC(=O)N1CC(COc2ccc(-c3c(Cl)cc(Nc4n[nH]c(N)n4)cc3Cl)cc2)C1. The summed E-state index contributed by atoms with van der Waals surface area (Å²) in [7, 11) is 0. The first-order valence-corrected chi connectivity index (χ1v) is 11.5. The van der Waals surface area contributed by atoms with Crippen LogP contribution in [0, 0.1) is 5.92 Å². The molecule has 0 bridgehead atoms. The summed E-state index contributed by atoms with van der Waals surface area (Å²) in [6.45, 7) is 7.34. The van der Waals surface area contributed by atoms with Crippen LogP contribution in [0.3, 0.4) is 0 Å². The Hall–Kier alpha value is -3.17. The molecular formula is C23H26Cl2N6O3. The van der Waals surface area contributed by atoms with E-state index in [1.807, 2.05) is 45.0 Å². The third-order valence-electron chi connectivity index (χ3n) is 5.04. The molecule has 1 aromatic heterocycles. The predicted molar refractivity (Wildman–Crippen MR) is 133 cm³/mol. The van der Waals surface area contributed by atoms with Gasteiger partial charge in [-0.25, -0.2) is 9.89 Å². The van der Waals surface area contributed by atoms with Crippen molar-refractivity contribution in [1.82, 2.24) is 20.1 Å². The first-order valence-electron chi connectivity index (χ1n) is 10.7. The second kappa shape index (κ2) is 9.60. The Morgan fingerprint density at radius 2 is 1.85 bits per heavy atom.